The molecule has 1 aliphatic carbocycles. The average Bonchev–Trinajstić information content (AvgIpc) is 3.92. The molecule has 18 heteroatoms. The summed E-state index contributed by atoms with van der Waals surface area (Å²) in [5.74, 6) is -1.45. The highest BCUT2D eigenvalue weighted by Gasteiger charge is 2.64. The number of Topliss-reactive ketones (excluding diaryl/α,β-unsaturated/α-hetero) is 1. The molecule has 4 heterocycles. The number of amides is 5. The number of likely N-dealkylation sites (tertiary alicyclic amines) is 1. The Bertz CT molecular complexity index is 2110. The second-order valence-electron chi connectivity index (χ2n) is 18.7. The number of hydrogen-bond acceptors (Lipinski definition) is 13. The van der Waals surface area contributed by atoms with Gasteiger partial charge in [0.25, 0.3) is 0 Å². The van der Waals surface area contributed by atoms with Crippen LogP contribution in [-0.4, -0.2) is 139 Å². The summed E-state index contributed by atoms with van der Waals surface area (Å²) < 4.78 is 29.7. The molecule has 0 radical (unpaired) electrons. The first kappa shape index (κ1) is 51.0. The van der Waals surface area contributed by atoms with Gasteiger partial charge in [-0.05, 0) is 83.4 Å². The Morgan fingerprint density at radius 3 is 2.45 bits per heavy atom. The number of halogens is 1. The highest BCUT2D eigenvalue weighted by atomic mass is 35.5. The van der Waals surface area contributed by atoms with Gasteiger partial charge in [-0.3, -0.25) is 28.9 Å². The largest absolute Gasteiger partial charge is 0.495 e. The standard InChI is InChI=1S/C48H65ClN4O12S/c1-26-11-10-12-35(61-8)33-22-36(63-47(60)50-33)27(2)44-48(5,65-44)39(24-41(56)52(7)34-20-31(19-26)21-37(62-9)43(34)49)64-46(59)28(3)51(6)40(55)17-18-66-38-23-42(57)53(45(38)58)25-30-13-15-32(16-14-30)29(4)54/h10-12,20-21,27-28,30,32-33,35-36,38-39,44H,13-19,22-25H2,1-9H3,(H,50,60)/b12-10+,26-11+/t27-,28+,30?,32?,33?,35?,36+,38?,39+,44+,48+/m1/s1. The summed E-state index contributed by atoms with van der Waals surface area (Å²) in [7, 11) is 6.13. The number of likely N-dealkylation sites (N-methyl/N-ethyl adjacent to an activating group) is 1. The topological polar surface area (TPSA) is 191 Å². The van der Waals surface area contributed by atoms with Gasteiger partial charge < -0.3 is 38.8 Å². The quantitative estimate of drug-likeness (QED) is 0.150. The van der Waals surface area contributed by atoms with Crippen LogP contribution in [0.5, 0.6) is 5.75 Å². The molecule has 9 atom stereocenters. The second kappa shape index (κ2) is 21.7. The monoisotopic (exact) mass is 956 g/mol. The van der Waals surface area contributed by atoms with Crippen molar-refractivity contribution in [2.75, 3.05) is 45.5 Å². The molecule has 66 heavy (non-hydrogen) atoms. The number of esters is 1. The van der Waals surface area contributed by atoms with Crippen LogP contribution in [-0.2, 0) is 54.1 Å². The van der Waals surface area contributed by atoms with Crippen LogP contribution in [0.4, 0.5) is 10.5 Å². The summed E-state index contributed by atoms with van der Waals surface area (Å²) in [6.45, 7) is 9.09. The van der Waals surface area contributed by atoms with Crippen LogP contribution in [0.1, 0.15) is 91.5 Å². The molecule has 1 N–H and O–H groups in total. The van der Waals surface area contributed by atoms with Crippen LogP contribution in [0.3, 0.4) is 0 Å². The number of epoxide rings is 1. The van der Waals surface area contributed by atoms with E-state index in [9.17, 15) is 33.6 Å². The molecule has 16 nitrogen and oxygen atoms in total. The molecular formula is C48H65ClN4O12S. The molecule has 1 saturated carbocycles. The van der Waals surface area contributed by atoms with E-state index in [1.165, 1.54) is 47.5 Å². The van der Waals surface area contributed by atoms with Gasteiger partial charge in [-0.1, -0.05) is 42.3 Å². The SMILES string of the molecule is COc1cc2cc(c1Cl)N(C)C(=O)C[C@H](OC(=O)[C@H](C)N(C)C(=O)CCSC1CC(=O)N(CC3CCC(C(C)=O)CC3)C1=O)[C@]1(C)O[C@H]1[C@H](C)[C@@H]1CC(NC(=O)O1)C(OC)/C=C/C=C(\C)C2. The van der Waals surface area contributed by atoms with Gasteiger partial charge in [0.2, 0.25) is 23.6 Å². The van der Waals surface area contributed by atoms with Crippen molar-refractivity contribution in [2.45, 2.75) is 140 Å². The second-order valence-corrected chi connectivity index (χ2v) is 20.4. The van der Waals surface area contributed by atoms with Crippen LogP contribution in [0.2, 0.25) is 5.02 Å². The molecule has 362 valence electrons. The van der Waals surface area contributed by atoms with Gasteiger partial charge >= 0.3 is 12.1 Å². The maximum absolute atomic E-state index is 14.3. The van der Waals surface area contributed by atoms with Gasteiger partial charge in [-0.25, -0.2) is 9.59 Å². The molecule has 0 spiro atoms. The van der Waals surface area contributed by atoms with Crippen LogP contribution in [0.15, 0.2) is 35.9 Å². The van der Waals surface area contributed by atoms with Crippen molar-refractivity contribution in [2.24, 2.45) is 17.8 Å². The molecular weight excluding hydrogens is 892 g/mol. The van der Waals surface area contributed by atoms with Crippen molar-refractivity contribution in [3.63, 3.8) is 0 Å². The zero-order valence-electron chi connectivity index (χ0n) is 39.5. The molecule has 4 bridgehead atoms. The number of carbonyl (C=O) groups is 7. The van der Waals surface area contributed by atoms with E-state index >= 15 is 0 Å². The number of imide groups is 1. The van der Waals surface area contributed by atoms with Crippen LogP contribution < -0.4 is 15.0 Å². The van der Waals surface area contributed by atoms with E-state index in [2.05, 4.69) is 5.32 Å². The maximum Gasteiger partial charge on any atom is 0.407 e. The van der Waals surface area contributed by atoms with Gasteiger partial charge in [-0.15, -0.1) is 11.8 Å². The molecule has 4 fully saturated rings. The number of nitrogens with zero attached hydrogens (tertiary/aromatic N) is 3. The Kier molecular flexibility index (Phi) is 16.7. The van der Waals surface area contributed by atoms with Crippen LogP contribution >= 0.6 is 23.4 Å². The summed E-state index contributed by atoms with van der Waals surface area (Å²) in [6, 6.07) is 2.12. The number of allylic oxidation sites excluding steroid dienone is 3. The van der Waals surface area contributed by atoms with Crippen molar-refractivity contribution < 1.29 is 57.2 Å². The lowest BCUT2D eigenvalue weighted by molar-refractivity contribution is -0.162. The van der Waals surface area contributed by atoms with Crippen molar-refractivity contribution in [3.05, 3.63) is 46.5 Å². The maximum atomic E-state index is 14.3. The minimum absolute atomic E-state index is 0.00672. The zero-order valence-corrected chi connectivity index (χ0v) is 41.0. The Morgan fingerprint density at radius 2 is 1.79 bits per heavy atom. The van der Waals surface area contributed by atoms with Gasteiger partial charge in [0.15, 0.2) is 0 Å². The third-order valence-corrected chi connectivity index (χ3v) is 15.7. The lowest BCUT2D eigenvalue weighted by Crippen LogP contribution is -2.53. The predicted octanol–water partition coefficient (Wildman–Crippen LogP) is 5.84. The zero-order chi connectivity index (χ0) is 48.2. The molecule has 1 aromatic carbocycles. The number of nitrogens with one attached hydrogen (secondary N) is 1. The number of rotatable bonds is 12. The number of alkyl carbamates (subject to hydrolysis) is 1. The number of ketones is 1. The number of fused-ring (bicyclic) bond motifs is 5. The molecule has 5 aliphatic rings. The van der Waals surface area contributed by atoms with E-state index in [1.807, 2.05) is 44.2 Å². The number of thioether (sulfide) groups is 1. The molecule has 5 amide bonds. The summed E-state index contributed by atoms with van der Waals surface area (Å²) in [5.41, 5.74) is 1.01. The molecule has 6 rings (SSSR count). The van der Waals surface area contributed by atoms with E-state index in [0.29, 0.717) is 30.8 Å². The van der Waals surface area contributed by atoms with Crippen LogP contribution in [0.25, 0.3) is 0 Å². The van der Waals surface area contributed by atoms with E-state index < -0.39 is 71.2 Å². The van der Waals surface area contributed by atoms with Crippen molar-refractivity contribution in [1.29, 1.82) is 0 Å². The first-order valence-corrected chi connectivity index (χ1v) is 24.3. The Morgan fingerprint density at radius 1 is 1.08 bits per heavy atom. The Hall–Kier alpha value is -4.45. The third-order valence-electron chi connectivity index (χ3n) is 14.1. The molecule has 0 aromatic heterocycles. The van der Waals surface area contributed by atoms with E-state index in [0.717, 1.165) is 36.8 Å². The lowest BCUT2D eigenvalue weighted by atomic mass is 9.80. The highest BCUT2D eigenvalue weighted by Crippen LogP contribution is 2.49. The lowest BCUT2D eigenvalue weighted by Gasteiger charge is -2.36. The minimum Gasteiger partial charge on any atom is -0.495 e. The third kappa shape index (κ3) is 11.6. The molecule has 1 aromatic rings. The Balaban J connectivity index is 1.15. The summed E-state index contributed by atoms with van der Waals surface area (Å²) in [6.07, 6.45) is 6.01. The average molecular weight is 958 g/mol. The number of benzene rings is 1. The van der Waals surface area contributed by atoms with Crippen molar-refractivity contribution in [1.82, 2.24) is 15.1 Å². The molecule has 3 unspecified atom stereocenters. The summed E-state index contributed by atoms with van der Waals surface area (Å²) >= 11 is 8.06. The van der Waals surface area contributed by atoms with Crippen molar-refractivity contribution in [3.8, 4) is 5.75 Å². The molecule has 3 saturated heterocycles. The van der Waals surface area contributed by atoms with Gasteiger partial charge in [0.1, 0.15) is 40.4 Å². The smallest absolute Gasteiger partial charge is 0.407 e. The fourth-order valence-electron chi connectivity index (χ4n) is 9.62. The van der Waals surface area contributed by atoms with Gasteiger partial charge in [0.05, 0.1) is 42.7 Å². The van der Waals surface area contributed by atoms with Crippen molar-refractivity contribution >= 4 is 70.5 Å². The fraction of sp³-hybridized carbons (Fsp3) is 0.646. The van der Waals surface area contributed by atoms with Gasteiger partial charge in [-0.2, -0.15) is 0 Å². The van der Waals surface area contributed by atoms with E-state index in [-0.39, 0.29) is 65.4 Å². The fourth-order valence-corrected chi connectivity index (χ4v) is 11.0. The summed E-state index contributed by atoms with van der Waals surface area (Å²) in [5, 5.41) is 2.50. The summed E-state index contributed by atoms with van der Waals surface area (Å²) in [4.78, 5) is 96.8. The normalized spacial score (nSPS) is 32.3. The van der Waals surface area contributed by atoms with E-state index in [1.54, 1.807) is 28.0 Å². The first-order valence-electron chi connectivity index (χ1n) is 22.8. The highest BCUT2D eigenvalue weighted by molar-refractivity contribution is 8.00. The first-order chi connectivity index (χ1) is 31.3. The van der Waals surface area contributed by atoms with E-state index in [4.69, 9.17) is 35.3 Å². The molecule has 4 aliphatic heterocycles. The number of carbonyl (C=O) groups excluding carboxylic acids is 7. The number of hydrogen-bond donors (Lipinski definition) is 1. The van der Waals surface area contributed by atoms with Gasteiger partial charge in [0, 0.05) is 64.6 Å². The number of methoxy groups -OCH3 is 2. The Labute approximate surface area is 396 Å². The number of ether oxygens (including phenoxy) is 5. The minimum atomic E-state index is -1.20. The predicted molar refractivity (Wildman–Crippen MR) is 248 cm³/mol. The van der Waals surface area contributed by atoms with Crippen LogP contribution in [0, 0.1) is 17.8 Å². The number of anilines is 1.